The molecule has 1 unspecified atom stereocenters. The van der Waals surface area contributed by atoms with Gasteiger partial charge in [-0.2, -0.15) is 5.26 Å². The van der Waals surface area contributed by atoms with Gasteiger partial charge in [-0.25, -0.2) is 14.8 Å². The second-order valence-electron chi connectivity index (χ2n) is 9.87. The van der Waals surface area contributed by atoms with Crippen LogP contribution in [0, 0.1) is 18.3 Å². The number of nitrogens with zero attached hydrogens (tertiary/aromatic N) is 5. The van der Waals surface area contributed by atoms with Gasteiger partial charge in [-0.3, -0.25) is 9.13 Å². The molecule has 0 amide bonds. The first-order chi connectivity index (χ1) is 17.1. The van der Waals surface area contributed by atoms with Gasteiger partial charge in [0.1, 0.15) is 36.0 Å². The van der Waals surface area contributed by atoms with Gasteiger partial charge < -0.3 is 19.7 Å². The standard InChI is InChI=1S/C25H29N5O5Si/c1-15-10-19(34-2)20(17-6-7-29(21(15)17)25(32)33)22(31)24-28-18-11-16(12-26)13-27-23(18)30(24)14-35-8-9-36(3,4)5/h6-7,10-11,13,22,31H,8-9,14H2,1-5H3,(H,32,33). The molecular weight excluding hydrogens is 478 g/mol. The molecule has 2 N–H and O–H groups in total. The third-order valence-corrected chi connectivity index (χ3v) is 7.77. The summed E-state index contributed by atoms with van der Waals surface area (Å²) in [5.41, 5.74) is 2.80. The van der Waals surface area contributed by atoms with Crippen molar-refractivity contribution in [3.05, 3.63) is 53.1 Å². The minimum absolute atomic E-state index is 0.111. The minimum Gasteiger partial charge on any atom is -0.496 e. The van der Waals surface area contributed by atoms with Gasteiger partial charge in [-0.15, -0.1) is 0 Å². The number of aryl methyl sites for hydroxylation is 1. The molecule has 0 spiro atoms. The molecule has 3 heterocycles. The molecule has 188 valence electrons. The van der Waals surface area contributed by atoms with Gasteiger partial charge in [0.25, 0.3) is 0 Å². The summed E-state index contributed by atoms with van der Waals surface area (Å²) in [4.78, 5) is 20.8. The fraction of sp³-hybridized carbons (Fsp3) is 0.360. The highest BCUT2D eigenvalue weighted by atomic mass is 28.3. The van der Waals surface area contributed by atoms with E-state index < -0.39 is 20.3 Å². The molecule has 0 aliphatic rings. The van der Waals surface area contributed by atoms with Crippen molar-refractivity contribution in [2.75, 3.05) is 13.7 Å². The molecule has 0 aliphatic heterocycles. The van der Waals surface area contributed by atoms with Gasteiger partial charge in [-0.1, -0.05) is 19.6 Å². The van der Waals surface area contributed by atoms with Gasteiger partial charge in [0.15, 0.2) is 5.65 Å². The summed E-state index contributed by atoms with van der Waals surface area (Å²) in [5, 5.41) is 31.2. The molecule has 0 fully saturated rings. The molecule has 4 rings (SSSR count). The van der Waals surface area contributed by atoms with Gasteiger partial charge >= 0.3 is 6.09 Å². The Balaban J connectivity index is 1.86. The highest BCUT2D eigenvalue weighted by molar-refractivity contribution is 6.76. The van der Waals surface area contributed by atoms with E-state index in [0.29, 0.717) is 51.1 Å². The van der Waals surface area contributed by atoms with Crippen molar-refractivity contribution in [2.24, 2.45) is 0 Å². The Morgan fingerprint density at radius 3 is 2.69 bits per heavy atom. The zero-order valence-corrected chi connectivity index (χ0v) is 21.9. The van der Waals surface area contributed by atoms with E-state index in [0.717, 1.165) is 10.6 Å². The van der Waals surface area contributed by atoms with Crippen molar-refractivity contribution in [1.29, 1.82) is 5.26 Å². The van der Waals surface area contributed by atoms with Crippen molar-refractivity contribution in [2.45, 2.75) is 45.4 Å². The number of carbonyl (C=O) groups is 1. The van der Waals surface area contributed by atoms with E-state index in [2.05, 4.69) is 35.7 Å². The minimum atomic E-state index is -1.31. The van der Waals surface area contributed by atoms with Crippen LogP contribution in [0.2, 0.25) is 25.7 Å². The molecule has 4 aromatic rings. The first-order valence-corrected chi connectivity index (χ1v) is 15.2. The lowest BCUT2D eigenvalue weighted by atomic mass is 9.99. The maximum absolute atomic E-state index is 11.8. The van der Waals surface area contributed by atoms with Crippen molar-refractivity contribution in [3.8, 4) is 11.8 Å². The van der Waals surface area contributed by atoms with Crippen LogP contribution in [0.25, 0.3) is 22.1 Å². The molecule has 0 radical (unpaired) electrons. The van der Waals surface area contributed by atoms with Crippen molar-refractivity contribution in [3.63, 3.8) is 0 Å². The van der Waals surface area contributed by atoms with Crippen LogP contribution in [0.4, 0.5) is 4.79 Å². The quantitative estimate of drug-likeness (QED) is 0.263. The number of pyridine rings is 1. The third kappa shape index (κ3) is 4.70. The van der Waals surface area contributed by atoms with E-state index in [1.165, 1.54) is 19.5 Å². The molecular formula is C25H29N5O5Si. The van der Waals surface area contributed by atoms with E-state index in [4.69, 9.17) is 9.47 Å². The molecule has 11 heteroatoms. The maximum atomic E-state index is 11.8. The average Bonchev–Trinajstić information content (AvgIpc) is 3.42. The molecule has 10 nitrogen and oxygen atoms in total. The summed E-state index contributed by atoms with van der Waals surface area (Å²) in [5.74, 6) is 0.659. The van der Waals surface area contributed by atoms with Crippen LogP contribution in [-0.2, 0) is 11.5 Å². The van der Waals surface area contributed by atoms with Crippen LogP contribution in [0.5, 0.6) is 5.75 Å². The van der Waals surface area contributed by atoms with E-state index in [9.17, 15) is 20.3 Å². The number of hydrogen-bond donors (Lipinski definition) is 2. The van der Waals surface area contributed by atoms with Crippen LogP contribution in [0.3, 0.4) is 0 Å². The van der Waals surface area contributed by atoms with Crippen molar-refractivity contribution in [1.82, 2.24) is 19.1 Å². The predicted molar refractivity (Wildman–Crippen MR) is 137 cm³/mol. The maximum Gasteiger partial charge on any atom is 0.416 e. The molecule has 3 aromatic heterocycles. The van der Waals surface area contributed by atoms with Gasteiger partial charge in [0.05, 0.1) is 18.2 Å². The summed E-state index contributed by atoms with van der Waals surface area (Å²) in [6.07, 6.45) is 0.484. The zero-order chi connectivity index (χ0) is 26.2. The van der Waals surface area contributed by atoms with Gasteiger partial charge in [-0.05, 0) is 36.7 Å². The Labute approximate surface area is 209 Å². The molecule has 0 aliphatic carbocycles. The molecule has 36 heavy (non-hydrogen) atoms. The van der Waals surface area contributed by atoms with Crippen LogP contribution in [0.15, 0.2) is 30.6 Å². The smallest absolute Gasteiger partial charge is 0.416 e. The number of rotatable bonds is 8. The highest BCUT2D eigenvalue weighted by Crippen LogP contribution is 2.39. The summed E-state index contributed by atoms with van der Waals surface area (Å²) in [7, 11) is 0.188. The number of nitriles is 1. The second-order valence-corrected chi connectivity index (χ2v) is 15.5. The van der Waals surface area contributed by atoms with Crippen LogP contribution in [0.1, 0.15) is 28.6 Å². The molecule has 0 bridgehead atoms. The van der Waals surface area contributed by atoms with Gasteiger partial charge in [0, 0.05) is 38.0 Å². The topological polar surface area (TPSA) is 135 Å². The van der Waals surface area contributed by atoms with Crippen LogP contribution in [-0.4, -0.2) is 57.2 Å². The first kappa shape index (κ1) is 25.4. The molecule has 1 atom stereocenters. The number of aliphatic hydroxyl groups is 1. The van der Waals surface area contributed by atoms with E-state index >= 15 is 0 Å². The number of hydrogen-bond acceptors (Lipinski definition) is 7. The number of carboxylic acid groups (broad SMARTS) is 1. The van der Waals surface area contributed by atoms with E-state index in [1.807, 2.05) is 0 Å². The number of aromatic nitrogens is 4. The number of fused-ring (bicyclic) bond motifs is 2. The molecule has 0 saturated carbocycles. The molecule has 0 saturated heterocycles. The highest BCUT2D eigenvalue weighted by Gasteiger charge is 2.28. The summed E-state index contributed by atoms with van der Waals surface area (Å²) < 4.78 is 14.4. The lowest BCUT2D eigenvalue weighted by Crippen LogP contribution is -2.22. The predicted octanol–water partition coefficient (Wildman–Crippen LogP) is 4.49. The number of imidazole rings is 1. The fourth-order valence-electron chi connectivity index (χ4n) is 4.23. The van der Waals surface area contributed by atoms with Gasteiger partial charge in [0.2, 0.25) is 0 Å². The Kier molecular flexibility index (Phi) is 6.86. The SMILES string of the molecule is COc1cc(C)c2c(ccn2C(=O)O)c1C(O)c1nc2cc(C#N)cnc2n1COCC[Si](C)(C)C. The lowest BCUT2D eigenvalue weighted by Gasteiger charge is -2.20. The first-order valence-electron chi connectivity index (χ1n) is 11.5. The van der Waals surface area contributed by atoms with Crippen LogP contribution < -0.4 is 4.74 Å². The summed E-state index contributed by atoms with van der Waals surface area (Å²) >= 11 is 0. The number of ether oxygens (including phenoxy) is 2. The number of benzene rings is 1. The Bertz CT molecular complexity index is 1500. The second kappa shape index (κ2) is 9.73. The van der Waals surface area contributed by atoms with Crippen molar-refractivity contribution >= 4 is 36.2 Å². The zero-order valence-electron chi connectivity index (χ0n) is 20.9. The Hall–Kier alpha value is -3.72. The summed E-state index contributed by atoms with van der Waals surface area (Å²) in [6, 6.07) is 7.98. The summed E-state index contributed by atoms with van der Waals surface area (Å²) in [6.45, 7) is 9.25. The fourth-order valence-corrected chi connectivity index (χ4v) is 4.98. The van der Waals surface area contributed by atoms with Crippen molar-refractivity contribution < 1.29 is 24.5 Å². The Morgan fingerprint density at radius 2 is 2.06 bits per heavy atom. The average molecular weight is 508 g/mol. The van der Waals surface area contributed by atoms with E-state index in [1.54, 1.807) is 29.7 Å². The van der Waals surface area contributed by atoms with E-state index in [-0.39, 0.29) is 12.6 Å². The number of aliphatic hydroxyl groups excluding tert-OH is 1. The van der Waals surface area contributed by atoms with Crippen LogP contribution >= 0.6 is 0 Å². The number of methoxy groups -OCH3 is 1. The monoisotopic (exact) mass is 507 g/mol. The lowest BCUT2D eigenvalue weighted by molar-refractivity contribution is 0.0810. The normalized spacial score (nSPS) is 12.7. The third-order valence-electron chi connectivity index (χ3n) is 6.07. The molecule has 1 aromatic carbocycles. The largest absolute Gasteiger partial charge is 0.496 e. The Morgan fingerprint density at radius 1 is 1.31 bits per heavy atom.